The molecule has 3 heteroatoms. The smallest absolute Gasteiger partial charge is 0.228 e. The van der Waals surface area contributed by atoms with Crippen molar-refractivity contribution in [1.29, 1.82) is 0 Å². The molecule has 0 unspecified atom stereocenters. The minimum Gasteiger partial charge on any atom is -0.342 e. The van der Waals surface area contributed by atoms with E-state index in [4.69, 9.17) is 0 Å². The van der Waals surface area contributed by atoms with Crippen LogP contribution in [0, 0.1) is 11.3 Å². The van der Waals surface area contributed by atoms with Crippen LogP contribution in [-0.4, -0.2) is 37.0 Å². The molecule has 2 aliphatic heterocycles. The largest absolute Gasteiger partial charge is 0.342 e. The van der Waals surface area contributed by atoms with Gasteiger partial charge >= 0.3 is 0 Å². The van der Waals surface area contributed by atoms with E-state index in [0.29, 0.717) is 11.3 Å². The van der Waals surface area contributed by atoms with E-state index in [1.54, 1.807) is 0 Å². The summed E-state index contributed by atoms with van der Waals surface area (Å²) in [5, 5.41) is 3.17. The Morgan fingerprint density at radius 2 is 2.07 bits per heavy atom. The van der Waals surface area contributed by atoms with E-state index in [0.717, 1.165) is 26.2 Å². The molecule has 1 amide bonds. The highest BCUT2D eigenvalue weighted by Crippen LogP contribution is 2.37. The maximum atomic E-state index is 12.0. The van der Waals surface area contributed by atoms with E-state index in [2.05, 4.69) is 24.1 Å². The van der Waals surface area contributed by atoms with Crippen molar-refractivity contribution in [3.05, 3.63) is 0 Å². The average Bonchev–Trinajstić information content (AvgIpc) is 2.60. The highest BCUT2D eigenvalue weighted by molar-refractivity contribution is 5.80. The molecule has 0 saturated carbocycles. The lowest BCUT2D eigenvalue weighted by Gasteiger charge is -2.32. The molecule has 2 aliphatic rings. The van der Waals surface area contributed by atoms with Crippen LogP contribution in [0.2, 0.25) is 0 Å². The first-order valence-electron chi connectivity index (χ1n) is 6.20. The Balaban J connectivity index is 1.93. The van der Waals surface area contributed by atoms with Crippen LogP contribution in [-0.2, 0) is 4.79 Å². The predicted octanol–water partition coefficient (Wildman–Crippen LogP) is 1.24. The SMILES string of the molecule is CCC1(CC)CCN(C(=O)C2CNC2)C1. The molecule has 0 aliphatic carbocycles. The van der Waals surface area contributed by atoms with E-state index >= 15 is 0 Å². The number of rotatable bonds is 3. The molecule has 86 valence electrons. The number of likely N-dealkylation sites (tertiary alicyclic amines) is 1. The van der Waals surface area contributed by atoms with Gasteiger partial charge in [-0.15, -0.1) is 0 Å². The maximum absolute atomic E-state index is 12.0. The summed E-state index contributed by atoms with van der Waals surface area (Å²) in [5.41, 5.74) is 0.423. The summed E-state index contributed by atoms with van der Waals surface area (Å²) in [4.78, 5) is 14.1. The number of hydrogen-bond acceptors (Lipinski definition) is 2. The predicted molar refractivity (Wildman–Crippen MR) is 60.6 cm³/mol. The summed E-state index contributed by atoms with van der Waals surface area (Å²) in [5.74, 6) is 0.659. The summed E-state index contributed by atoms with van der Waals surface area (Å²) < 4.78 is 0. The van der Waals surface area contributed by atoms with Crippen LogP contribution in [0.4, 0.5) is 0 Å². The zero-order valence-corrected chi connectivity index (χ0v) is 9.88. The van der Waals surface area contributed by atoms with Gasteiger partial charge in [-0.3, -0.25) is 4.79 Å². The van der Waals surface area contributed by atoms with Gasteiger partial charge in [0.15, 0.2) is 0 Å². The van der Waals surface area contributed by atoms with Crippen molar-refractivity contribution in [2.24, 2.45) is 11.3 Å². The second-order valence-corrected chi connectivity index (χ2v) is 5.07. The Morgan fingerprint density at radius 1 is 1.40 bits per heavy atom. The summed E-state index contributed by atoms with van der Waals surface area (Å²) in [6, 6.07) is 0. The van der Waals surface area contributed by atoms with Gasteiger partial charge in [0.2, 0.25) is 5.91 Å². The van der Waals surface area contributed by atoms with Gasteiger partial charge in [0.1, 0.15) is 0 Å². The Labute approximate surface area is 92.2 Å². The topological polar surface area (TPSA) is 32.3 Å². The van der Waals surface area contributed by atoms with Gasteiger partial charge in [-0.05, 0) is 24.7 Å². The van der Waals surface area contributed by atoms with Crippen molar-refractivity contribution in [2.45, 2.75) is 33.1 Å². The van der Waals surface area contributed by atoms with Gasteiger partial charge in [0, 0.05) is 26.2 Å². The van der Waals surface area contributed by atoms with Crippen LogP contribution in [0.25, 0.3) is 0 Å². The molecular weight excluding hydrogens is 188 g/mol. The van der Waals surface area contributed by atoms with Crippen LogP contribution in [0.15, 0.2) is 0 Å². The third-order valence-corrected chi connectivity index (χ3v) is 4.38. The highest BCUT2D eigenvalue weighted by Gasteiger charge is 2.39. The molecule has 2 fully saturated rings. The Morgan fingerprint density at radius 3 is 2.47 bits per heavy atom. The van der Waals surface area contributed by atoms with Crippen molar-refractivity contribution in [3.8, 4) is 0 Å². The second-order valence-electron chi connectivity index (χ2n) is 5.07. The van der Waals surface area contributed by atoms with Crippen molar-refractivity contribution < 1.29 is 4.79 Å². The average molecular weight is 210 g/mol. The second kappa shape index (κ2) is 4.12. The Kier molecular flexibility index (Phi) is 3.01. The number of carbonyl (C=O) groups is 1. The molecule has 2 saturated heterocycles. The quantitative estimate of drug-likeness (QED) is 0.760. The van der Waals surface area contributed by atoms with Crippen LogP contribution < -0.4 is 5.32 Å². The third-order valence-electron chi connectivity index (χ3n) is 4.38. The molecule has 0 aromatic rings. The van der Waals surface area contributed by atoms with E-state index in [1.165, 1.54) is 19.3 Å². The standard InChI is InChI=1S/C12H22N2O/c1-3-12(4-2)5-6-14(9-12)11(15)10-7-13-8-10/h10,13H,3-9H2,1-2H3. The van der Waals surface area contributed by atoms with Crippen LogP contribution >= 0.6 is 0 Å². The van der Waals surface area contributed by atoms with Crippen LogP contribution in [0.5, 0.6) is 0 Å². The fourth-order valence-electron chi connectivity index (χ4n) is 2.67. The molecule has 0 bridgehead atoms. The van der Waals surface area contributed by atoms with Gasteiger partial charge in [0.25, 0.3) is 0 Å². The van der Waals surface area contributed by atoms with Gasteiger partial charge < -0.3 is 10.2 Å². The monoisotopic (exact) mass is 210 g/mol. The van der Waals surface area contributed by atoms with Gasteiger partial charge in [0.05, 0.1) is 5.92 Å². The zero-order chi connectivity index (χ0) is 10.9. The summed E-state index contributed by atoms with van der Waals surface area (Å²) >= 11 is 0. The fourth-order valence-corrected chi connectivity index (χ4v) is 2.67. The lowest BCUT2D eigenvalue weighted by Crippen LogP contribution is -2.51. The number of nitrogens with zero attached hydrogens (tertiary/aromatic N) is 1. The van der Waals surface area contributed by atoms with Crippen LogP contribution in [0.1, 0.15) is 33.1 Å². The molecule has 2 rings (SSSR count). The first-order valence-corrected chi connectivity index (χ1v) is 6.20. The highest BCUT2D eigenvalue weighted by atomic mass is 16.2. The first kappa shape index (κ1) is 10.9. The maximum Gasteiger partial charge on any atom is 0.228 e. The van der Waals surface area contributed by atoms with Crippen molar-refractivity contribution in [1.82, 2.24) is 10.2 Å². The molecular formula is C12H22N2O. The molecule has 0 radical (unpaired) electrons. The van der Waals surface area contributed by atoms with Gasteiger partial charge in [-0.1, -0.05) is 13.8 Å². The molecule has 3 nitrogen and oxygen atoms in total. The minimum absolute atomic E-state index is 0.273. The summed E-state index contributed by atoms with van der Waals surface area (Å²) in [7, 11) is 0. The molecule has 0 atom stereocenters. The van der Waals surface area contributed by atoms with E-state index < -0.39 is 0 Å². The van der Waals surface area contributed by atoms with E-state index in [1.807, 2.05) is 0 Å². The first-order chi connectivity index (χ1) is 7.21. The molecule has 1 N–H and O–H groups in total. The van der Waals surface area contributed by atoms with E-state index in [9.17, 15) is 4.79 Å². The number of carbonyl (C=O) groups excluding carboxylic acids is 1. The Bertz CT molecular complexity index is 244. The summed E-state index contributed by atoms with van der Waals surface area (Å²) in [6.07, 6.45) is 3.61. The third kappa shape index (κ3) is 1.89. The molecule has 15 heavy (non-hydrogen) atoms. The van der Waals surface area contributed by atoms with Crippen molar-refractivity contribution >= 4 is 5.91 Å². The van der Waals surface area contributed by atoms with Gasteiger partial charge in [-0.25, -0.2) is 0 Å². The van der Waals surface area contributed by atoms with E-state index in [-0.39, 0.29) is 5.92 Å². The number of hydrogen-bond donors (Lipinski definition) is 1. The number of amides is 1. The van der Waals surface area contributed by atoms with Gasteiger partial charge in [-0.2, -0.15) is 0 Å². The fraction of sp³-hybridized carbons (Fsp3) is 0.917. The lowest BCUT2D eigenvalue weighted by molar-refractivity contribution is -0.136. The van der Waals surface area contributed by atoms with Crippen molar-refractivity contribution in [2.75, 3.05) is 26.2 Å². The summed E-state index contributed by atoms with van der Waals surface area (Å²) in [6.45, 7) is 8.26. The minimum atomic E-state index is 0.273. The van der Waals surface area contributed by atoms with Crippen molar-refractivity contribution in [3.63, 3.8) is 0 Å². The zero-order valence-electron chi connectivity index (χ0n) is 9.88. The molecule has 0 aromatic carbocycles. The number of nitrogens with one attached hydrogen (secondary N) is 1. The molecule has 2 heterocycles. The lowest BCUT2D eigenvalue weighted by atomic mass is 9.82. The van der Waals surface area contributed by atoms with Crippen LogP contribution in [0.3, 0.4) is 0 Å². The Hall–Kier alpha value is -0.570. The normalized spacial score (nSPS) is 25.3. The molecule has 0 aromatic heterocycles. The molecule has 0 spiro atoms.